The Morgan fingerprint density at radius 2 is 1.91 bits per heavy atom. The van der Waals surface area contributed by atoms with E-state index in [9.17, 15) is 4.79 Å². The van der Waals surface area contributed by atoms with Crippen molar-refractivity contribution in [3.05, 3.63) is 36.5 Å². The number of anilines is 1. The number of carbonyl (C=O) groups is 1. The second-order valence-corrected chi connectivity index (χ2v) is 6.29. The first-order chi connectivity index (χ1) is 10.3. The molecular formula is C17H19N3O2. The Bertz CT molecular complexity index is 859. The third kappa shape index (κ3) is 2.62. The molecule has 0 aliphatic rings. The van der Waals surface area contributed by atoms with Gasteiger partial charge in [0.15, 0.2) is 0 Å². The van der Waals surface area contributed by atoms with Gasteiger partial charge in [0, 0.05) is 35.6 Å². The number of nitrogens with zero attached hydrogens (tertiary/aromatic N) is 2. The summed E-state index contributed by atoms with van der Waals surface area (Å²) in [7, 11) is 2.00. The molecule has 2 aromatic heterocycles. The average molecular weight is 297 g/mol. The van der Waals surface area contributed by atoms with E-state index in [1.54, 1.807) is 6.20 Å². The van der Waals surface area contributed by atoms with Crippen LogP contribution in [-0.2, 0) is 11.8 Å². The molecule has 0 saturated heterocycles. The molecule has 0 unspecified atom stereocenters. The fraction of sp³-hybridized carbons (Fsp3) is 0.294. The minimum absolute atomic E-state index is 0.479. The molecule has 0 radical (unpaired) electrons. The first kappa shape index (κ1) is 14.4. The van der Waals surface area contributed by atoms with Crippen LogP contribution in [-0.4, -0.2) is 21.2 Å². The molecule has 0 bridgehead atoms. The molecule has 3 rings (SSSR count). The molecule has 5 nitrogen and oxygen atoms in total. The van der Waals surface area contributed by atoms with Gasteiger partial charge in [-0.25, -0.2) is 9.78 Å². The lowest BCUT2D eigenvalue weighted by Gasteiger charge is -2.19. The van der Waals surface area contributed by atoms with Gasteiger partial charge in [-0.1, -0.05) is 18.2 Å². The largest absolute Gasteiger partial charge is 0.444 e. The van der Waals surface area contributed by atoms with Gasteiger partial charge in [-0.05, 0) is 26.8 Å². The highest BCUT2D eigenvalue weighted by molar-refractivity contribution is 6.08. The smallest absolute Gasteiger partial charge is 0.413 e. The summed E-state index contributed by atoms with van der Waals surface area (Å²) >= 11 is 0. The molecule has 1 amide bonds. The molecule has 0 aliphatic heterocycles. The van der Waals surface area contributed by atoms with Crippen LogP contribution in [0.5, 0.6) is 0 Å². The van der Waals surface area contributed by atoms with Crippen molar-refractivity contribution < 1.29 is 9.53 Å². The molecule has 0 atom stereocenters. The summed E-state index contributed by atoms with van der Waals surface area (Å²) in [6.07, 6.45) is 1.28. The summed E-state index contributed by atoms with van der Waals surface area (Å²) in [5.41, 5.74) is 1.62. The Balaban J connectivity index is 1.98. The number of aryl methyl sites for hydroxylation is 1. The van der Waals surface area contributed by atoms with Crippen molar-refractivity contribution in [2.45, 2.75) is 26.4 Å². The first-order valence-corrected chi connectivity index (χ1v) is 7.18. The van der Waals surface area contributed by atoms with Crippen LogP contribution in [0.1, 0.15) is 20.8 Å². The maximum atomic E-state index is 11.8. The van der Waals surface area contributed by atoms with Crippen molar-refractivity contribution in [2.24, 2.45) is 7.05 Å². The molecule has 114 valence electrons. The molecule has 0 aliphatic carbocycles. The second-order valence-electron chi connectivity index (χ2n) is 6.29. The van der Waals surface area contributed by atoms with Crippen molar-refractivity contribution >= 4 is 33.7 Å². The lowest BCUT2D eigenvalue weighted by atomic mass is 10.2. The van der Waals surface area contributed by atoms with E-state index < -0.39 is 11.7 Å². The molecule has 22 heavy (non-hydrogen) atoms. The van der Waals surface area contributed by atoms with Crippen molar-refractivity contribution in [3.63, 3.8) is 0 Å². The van der Waals surface area contributed by atoms with E-state index in [4.69, 9.17) is 4.74 Å². The fourth-order valence-corrected chi connectivity index (χ4v) is 2.53. The van der Waals surface area contributed by atoms with Crippen LogP contribution < -0.4 is 5.32 Å². The molecule has 1 N–H and O–H groups in total. The van der Waals surface area contributed by atoms with E-state index in [2.05, 4.69) is 27.0 Å². The van der Waals surface area contributed by atoms with Crippen LogP contribution in [0.3, 0.4) is 0 Å². The monoisotopic (exact) mass is 297 g/mol. The zero-order valence-corrected chi connectivity index (χ0v) is 13.2. The number of fused-ring (bicyclic) bond motifs is 3. The van der Waals surface area contributed by atoms with Crippen LogP contribution in [0, 0.1) is 0 Å². The molecular weight excluding hydrogens is 278 g/mol. The predicted molar refractivity (Wildman–Crippen MR) is 88.1 cm³/mol. The number of hydrogen-bond donors (Lipinski definition) is 1. The standard InChI is InChI=1S/C17H19N3O2/c1-17(2,3)22-16(21)19-15-9-14-12(10-18-15)11-7-5-6-8-13(11)20(14)4/h5-10H,1-4H3,(H,18,19,21). The highest BCUT2D eigenvalue weighted by Gasteiger charge is 2.17. The molecule has 1 aromatic carbocycles. The van der Waals surface area contributed by atoms with E-state index in [0.29, 0.717) is 5.82 Å². The predicted octanol–water partition coefficient (Wildman–Crippen LogP) is 4.07. The van der Waals surface area contributed by atoms with Gasteiger partial charge in [-0.3, -0.25) is 5.32 Å². The fourth-order valence-electron chi connectivity index (χ4n) is 2.53. The van der Waals surface area contributed by atoms with Gasteiger partial charge in [0.1, 0.15) is 11.4 Å². The normalized spacial score (nSPS) is 11.8. The van der Waals surface area contributed by atoms with Crippen LogP contribution in [0.25, 0.3) is 21.8 Å². The number of pyridine rings is 1. The number of para-hydroxylation sites is 1. The molecule has 0 spiro atoms. The Morgan fingerprint density at radius 1 is 1.18 bits per heavy atom. The number of hydrogen-bond acceptors (Lipinski definition) is 3. The quantitative estimate of drug-likeness (QED) is 0.736. The van der Waals surface area contributed by atoms with Crippen LogP contribution in [0.15, 0.2) is 36.5 Å². The van der Waals surface area contributed by atoms with Gasteiger partial charge < -0.3 is 9.30 Å². The minimum atomic E-state index is -0.534. The maximum Gasteiger partial charge on any atom is 0.413 e. The Hall–Kier alpha value is -2.56. The summed E-state index contributed by atoms with van der Waals surface area (Å²) in [6.45, 7) is 5.48. The summed E-state index contributed by atoms with van der Waals surface area (Å²) in [5.74, 6) is 0.479. The zero-order valence-electron chi connectivity index (χ0n) is 13.2. The Morgan fingerprint density at radius 3 is 2.64 bits per heavy atom. The van der Waals surface area contributed by atoms with Gasteiger partial charge >= 0.3 is 6.09 Å². The summed E-state index contributed by atoms with van der Waals surface area (Å²) in [5, 5.41) is 4.89. The summed E-state index contributed by atoms with van der Waals surface area (Å²) < 4.78 is 7.34. The SMILES string of the molecule is Cn1c2ccccc2c2cnc(NC(=O)OC(C)(C)C)cc21. The second kappa shape index (κ2) is 5.02. The highest BCUT2D eigenvalue weighted by atomic mass is 16.6. The van der Waals surface area contributed by atoms with E-state index >= 15 is 0 Å². The topological polar surface area (TPSA) is 56.2 Å². The van der Waals surface area contributed by atoms with Crippen LogP contribution >= 0.6 is 0 Å². The number of aromatic nitrogens is 2. The van der Waals surface area contributed by atoms with Gasteiger partial charge in [-0.15, -0.1) is 0 Å². The third-order valence-electron chi connectivity index (χ3n) is 3.43. The summed E-state index contributed by atoms with van der Waals surface area (Å²) in [6, 6.07) is 10.0. The lowest BCUT2D eigenvalue weighted by Crippen LogP contribution is -2.27. The van der Waals surface area contributed by atoms with E-state index in [-0.39, 0.29) is 0 Å². The Labute approximate surface area is 128 Å². The van der Waals surface area contributed by atoms with Crippen molar-refractivity contribution in [3.8, 4) is 0 Å². The van der Waals surface area contributed by atoms with Gasteiger partial charge in [0.25, 0.3) is 0 Å². The number of rotatable bonds is 1. The van der Waals surface area contributed by atoms with E-state index in [1.807, 2.05) is 46.0 Å². The van der Waals surface area contributed by atoms with Gasteiger partial charge in [0.05, 0.1) is 5.52 Å². The van der Waals surface area contributed by atoms with Crippen LogP contribution in [0.4, 0.5) is 10.6 Å². The summed E-state index contributed by atoms with van der Waals surface area (Å²) in [4.78, 5) is 16.2. The van der Waals surface area contributed by atoms with Crippen molar-refractivity contribution in [1.82, 2.24) is 9.55 Å². The van der Waals surface area contributed by atoms with Crippen LogP contribution in [0.2, 0.25) is 0 Å². The molecule has 0 saturated carbocycles. The van der Waals surface area contributed by atoms with E-state index in [1.165, 1.54) is 0 Å². The number of ether oxygens (including phenoxy) is 1. The molecule has 3 aromatic rings. The van der Waals surface area contributed by atoms with Gasteiger partial charge in [-0.2, -0.15) is 0 Å². The third-order valence-corrected chi connectivity index (χ3v) is 3.43. The minimum Gasteiger partial charge on any atom is -0.444 e. The Kier molecular flexibility index (Phi) is 3.28. The zero-order chi connectivity index (χ0) is 15.9. The highest BCUT2D eigenvalue weighted by Crippen LogP contribution is 2.28. The van der Waals surface area contributed by atoms with Gasteiger partial charge in [0.2, 0.25) is 0 Å². The average Bonchev–Trinajstić information content (AvgIpc) is 2.71. The molecule has 0 fully saturated rings. The number of amides is 1. The number of nitrogens with one attached hydrogen (secondary N) is 1. The number of benzene rings is 1. The molecule has 5 heteroatoms. The molecule has 2 heterocycles. The van der Waals surface area contributed by atoms with Crippen molar-refractivity contribution in [1.29, 1.82) is 0 Å². The van der Waals surface area contributed by atoms with E-state index in [0.717, 1.165) is 21.8 Å². The lowest BCUT2D eigenvalue weighted by molar-refractivity contribution is 0.0635. The number of carbonyl (C=O) groups excluding carboxylic acids is 1. The first-order valence-electron chi connectivity index (χ1n) is 7.18. The van der Waals surface area contributed by atoms with Crippen molar-refractivity contribution in [2.75, 3.05) is 5.32 Å². The maximum absolute atomic E-state index is 11.8.